The van der Waals surface area contributed by atoms with Crippen molar-refractivity contribution in [3.05, 3.63) is 68.7 Å². The number of benzene rings is 2. The minimum atomic E-state index is -0.965. The van der Waals surface area contributed by atoms with Crippen molar-refractivity contribution in [1.82, 2.24) is 15.1 Å². The molecule has 1 fully saturated rings. The van der Waals surface area contributed by atoms with Gasteiger partial charge >= 0.3 is 0 Å². The number of likely N-dealkylation sites (tertiary alicyclic amines) is 1. The van der Waals surface area contributed by atoms with E-state index in [1.807, 2.05) is 25.1 Å². The van der Waals surface area contributed by atoms with Crippen LogP contribution in [0.1, 0.15) is 56.4 Å². The standard InChI is InChI=1S/C24H23Cl2N3O4/c1-13-5-3-4-6-16(13)21(30)27-15-7-9-28(10-8-15)22(31)14(2)29-23(32)17-11-19(25)20(26)12-18(17)24(29)33/h3-6,11-12,14-15H,7-10H2,1-2H3,(H,27,30). The van der Waals surface area contributed by atoms with E-state index in [1.165, 1.54) is 12.1 Å². The number of hydrogen-bond donors (Lipinski definition) is 1. The summed E-state index contributed by atoms with van der Waals surface area (Å²) >= 11 is 12.0. The monoisotopic (exact) mass is 487 g/mol. The van der Waals surface area contributed by atoms with Crippen LogP contribution in [-0.4, -0.2) is 58.6 Å². The molecule has 2 heterocycles. The van der Waals surface area contributed by atoms with Gasteiger partial charge in [0.2, 0.25) is 5.91 Å². The molecule has 4 amide bonds. The minimum absolute atomic E-state index is 0.0555. The molecule has 1 saturated heterocycles. The molecule has 0 aromatic heterocycles. The number of nitrogens with one attached hydrogen (secondary N) is 1. The molecule has 0 spiro atoms. The number of carbonyl (C=O) groups excluding carboxylic acids is 4. The van der Waals surface area contributed by atoms with Crippen LogP contribution in [0.25, 0.3) is 0 Å². The Bertz CT molecular complexity index is 1120. The van der Waals surface area contributed by atoms with Gasteiger partial charge in [-0.25, -0.2) is 0 Å². The highest BCUT2D eigenvalue weighted by Crippen LogP contribution is 2.32. The second-order valence-electron chi connectivity index (χ2n) is 8.36. The molecule has 172 valence electrons. The first-order valence-corrected chi connectivity index (χ1v) is 11.5. The Morgan fingerprint density at radius 1 is 1.00 bits per heavy atom. The third-order valence-electron chi connectivity index (χ3n) is 6.24. The van der Waals surface area contributed by atoms with E-state index in [0.29, 0.717) is 31.5 Å². The summed E-state index contributed by atoms with van der Waals surface area (Å²) in [6.45, 7) is 4.27. The Kier molecular flexibility index (Phi) is 6.45. The number of imide groups is 1. The normalized spacial score (nSPS) is 17.2. The van der Waals surface area contributed by atoms with Gasteiger partial charge in [-0.15, -0.1) is 0 Å². The van der Waals surface area contributed by atoms with Gasteiger partial charge in [-0.05, 0) is 50.5 Å². The molecule has 0 saturated carbocycles. The van der Waals surface area contributed by atoms with Gasteiger partial charge in [-0.2, -0.15) is 0 Å². The number of amides is 4. The third kappa shape index (κ3) is 4.35. The zero-order valence-electron chi connectivity index (χ0n) is 18.2. The fourth-order valence-corrected chi connectivity index (χ4v) is 4.64. The summed E-state index contributed by atoms with van der Waals surface area (Å²) in [6.07, 6.45) is 1.17. The topological polar surface area (TPSA) is 86.8 Å². The lowest BCUT2D eigenvalue weighted by Gasteiger charge is -2.35. The number of piperidine rings is 1. The van der Waals surface area contributed by atoms with Crippen LogP contribution in [-0.2, 0) is 4.79 Å². The van der Waals surface area contributed by atoms with E-state index < -0.39 is 17.9 Å². The predicted octanol–water partition coefficient (Wildman–Crippen LogP) is 3.71. The molecule has 1 unspecified atom stereocenters. The van der Waals surface area contributed by atoms with E-state index in [1.54, 1.807) is 17.9 Å². The summed E-state index contributed by atoms with van der Waals surface area (Å²) in [5.74, 6) is -1.57. The molecule has 0 bridgehead atoms. The summed E-state index contributed by atoms with van der Waals surface area (Å²) in [6, 6.07) is 9.08. The lowest BCUT2D eigenvalue weighted by molar-refractivity contribution is -0.136. The van der Waals surface area contributed by atoms with Crippen LogP contribution in [0, 0.1) is 6.92 Å². The van der Waals surface area contributed by atoms with E-state index >= 15 is 0 Å². The summed E-state index contributed by atoms with van der Waals surface area (Å²) in [4.78, 5) is 53.9. The summed E-state index contributed by atoms with van der Waals surface area (Å²) in [7, 11) is 0. The van der Waals surface area contributed by atoms with Crippen LogP contribution in [0.2, 0.25) is 10.0 Å². The molecule has 7 nitrogen and oxygen atoms in total. The number of nitrogens with zero attached hydrogens (tertiary/aromatic N) is 2. The van der Waals surface area contributed by atoms with E-state index in [0.717, 1.165) is 10.5 Å². The maximum Gasteiger partial charge on any atom is 0.262 e. The van der Waals surface area contributed by atoms with Gasteiger partial charge in [-0.1, -0.05) is 41.4 Å². The first kappa shape index (κ1) is 23.3. The number of carbonyl (C=O) groups is 4. The number of hydrogen-bond acceptors (Lipinski definition) is 4. The van der Waals surface area contributed by atoms with Gasteiger partial charge in [0.1, 0.15) is 6.04 Å². The smallest absolute Gasteiger partial charge is 0.262 e. The van der Waals surface area contributed by atoms with Crippen LogP contribution in [0.3, 0.4) is 0 Å². The Balaban J connectivity index is 1.38. The van der Waals surface area contributed by atoms with E-state index in [4.69, 9.17) is 23.2 Å². The van der Waals surface area contributed by atoms with Gasteiger partial charge < -0.3 is 10.2 Å². The highest BCUT2D eigenvalue weighted by Gasteiger charge is 2.43. The first-order chi connectivity index (χ1) is 15.7. The molecule has 33 heavy (non-hydrogen) atoms. The number of aryl methyl sites for hydroxylation is 1. The second kappa shape index (κ2) is 9.15. The zero-order chi connectivity index (χ0) is 23.9. The number of fused-ring (bicyclic) bond motifs is 1. The van der Waals surface area contributed by atoms with Gasteiger partial charge in [0.15, 0.2) is 0 Å². The molecule has 2 aliphatic rings. The molecule has 1 atom stereocenters. The molecule has 2 aromatic carbocycles. The summed E-state index contributed by atoms with van der Waals surface area (Å²) < 4.78 is 0. The lowest BCUT2D eigenvalue weighted by Crippen LogP contribution is -2.53. The Hall–Kier alpha value is -2.90. The average Bonchev–Trinajstić information content (AvgIpc) is 3.03. The van der Waals surface area contributed by atoms with Gasteiger partial charge in [-0.3, -0.25) is 24.1 Å². The average molecular weight is 488 g/mol. The molecular formula is C24H23Cl2N3O4. The number of rotatable bonds is 4. The zero-order valence-corrected chi connectivity index (χ0v) is 19.7. The summed E-state index contributed by atoms with van der Waals surface area (Å²) in [5.41, 5.74) is 1.83. The van der Waals surface area contributed by atoms with E-state index in [2.05, 4.69) is 5.32 Å². The van der Waals surface area contributed by atoms with Crippen molar-refractivity contribution in [2.45, 2.75) is 38.8 Å². The van der Waals surface area contributed by atoms with E-state index in [9.17, 15) is 19.2 Å². The van der Waals surface area contributed by atoms with Crippen molar-refractivity contribution in [2.75, 3.05) is 13.1 Å². The summed E-state index contributed by atoms with van der Waals surface area (Å²) in [5, 5.41) is 3.38. The largest absolute Gasteiger partial charge is 0.349 e. The highest BCUT2D eigenvalue weighted by molar-refractivity contribution is 6.43. The minimum Gasteiger partial charge on any atom is -0.349 e. The quantitative estimate of drug-likeness (QED) is 0.665. The second-order valence-corrected chi connectivity index (χ2v) is 9.17. The number of halogens is 2. The molecular weight excluding hydrogens is 465 g/mol. The molecule has 0 aliphatic carbocycles. The van der Waals surface area contributed by atoms with E-state index in [-0.39, 0.29) is 39.0 Å². The lowest BCUT2D eigenvalue weighted by atomic mass is 10.0. The SMILES string of the molecule is Cc1ccccc1C(=O)NC1CCN(C(=O)C(C)N2C(=O)c3cc(Cl)c(Cl)cc3C2=O)CC1. The van der Waals surface area contributed by atoms with Crippen LogP contribution in [0.5, 0.6) is 0 Å². The van der Waals surface area contributed by atoms with Crippen LogP contribution >= 0.6 is 23.2 Å². The van der Waals surface area contributed by atoms with Crippen molar-refractivity contribution < 1.29 is 19.2 Å². The van der Waals surface area contributed by atoms with Gasteiger partial charge in [0, 0.05) is 24.7 Å². The van der Waals surface area contributed by atoms with Crippen LogP contribution in [0.4, 0.5) is 0 Å². The van der Waals surface area contributed by atoms with Crippen molar-refractivity contribution in [2.24, 2.45) is 0 Å². The fourth-order valence-electron chi connectivity index (χ4n) is 4.31. The van der Waals surface area contributed by atoms with Crippen LogP contribution in [0.15, 0.2) is 36.4 Å². The van der Waals surface area contributed by atoms with Crippen molar-refractivity contribution in [1.29, 1.82) is 0 Å². The van der Waals surface area contributed by atoms with Crippen LogP contribution < -0.4 is 5.32 Å². The first-order valence-electron chi connectivity index (χ1n) is 10.7. The molecule has 9 heteroatoms. The molecule has 2 aromatic rings. The maximum atomic E-state index is 13.1. The molecule has 1 N–H and O–H groups in total. The highest BCUT2D eigenvalue weighted by atomic mass is 35.5. The molecule has 2 aliphatic heterocycles. The van der Waals surface area contributed by atoms with Crippen molar-refractivity contribution >= 4 is 46.8 Å². The maximum absolute atomic E-state index is 13.1. The van der Waals surface area contributed by atoms with Crippen molar-refractivity contribution in [3.63, 3.8) is 0 Å². The molecule has 4 rings (SSSR count). The molecule has 0 radical (unpaired) electrons. The van der Waals surface area contributed by atoms with Gasteiger partial charge in [0.05, 0.1) is 21.2 Å². The third-order valence-corrected chi connectivity index (χ3v) is 6.96. The Labute approximate surface area is 201 Å². The fraction of sp³-hybridized carbons (Fsp3) is 0.333. The van der Waals surface area contributed by atoms with Crippen molar-refractivity contribution in [3.8, 4) is 0 Å². The Morgan fingerprint density at radius 2 is 1.55 bits per heavy atom. The van der Waals surface area contributed by atoms with Gasteiger partial charge in [0.25, 0.3) is 17.7 Å². The Morgan fingerprint density at radius 3 is 2.09 bits per heavy atom. The predicted molar refractivity (Wildman–Crippen MR) is 125 cm³/mol.